The minimum Gasteiger partial charge on any atom is -0.493 e. The number of hydrazine groups is 1. The van der Waals surface area contributed by atoms with Crippen LogP contribution in [0.25, 0.3) is 0 Å². The van der Waals surface area contributed by atoms with Crippen molar-refractivity contribution in [2.75, 3.05) is 13.7 Å². The molecule has 1 aliphatic carbocycles. The highest BCUT2D eigenvalue weighted by atomic mass is 32.1. The highest BCUT2D eigenvalue weighted by Gasteiger charge is 2.27. The van der Waals surface area contributed by atoms with Crippen LogP contribution in [0.4, 0.5) is 0 Å². The Kier molecular flexibility index (Phi) is 7.50. The fourth-order valence-electron chi connectivity index (χ4n) is 3.26. The lowest BCUT2D eigenvalue weighted by molar-refractivity contribution is 0.0942. The molecule has 1 saturated carbocycles. The normalized spacial score (nSPS) is 22.2. The molecule has 0 spiro atoms. The summed E-state index contributed by atoms with van der Waals surface area (Å²) in [4.78, 5) is 12.3. The molecule has 2 rings (SSSR count). The molecule has 0 unspecified atom stereocenters. The highest BCUT2D eigenvalue weighted by Crippen LogP contribution is 2.29. The summed E-state index contributed by atoms with van der Waals surface area (Å²) in [6, 6.07) is 5.38. The summed E-state index contributed by atoms with van der Waals surface area (Å²) in [6.45, 7) is 6.94. The van der Waals surface area contributed by atoms with E-state index < -0.39 is 0 Å². The van der Waals surface area contributed by atoms with Crippen molar-refractivity contribution in [2.45, 2.75) is 46.1 Å². The van der Waals surface area contributed by atoms with Crippen LogP contribution in [0.5, 0.6) is 11.5 Å². The topological polar surface area (TPSA) is 71.6 Å². The van der Waals surface area contributed by atoms with Gasteiger partial charge in [-0.15, -0.1) is 0 Å². The summed E-state index contributed by atoms with van der Waals surface area (Å²) in [6.07, 6.45) is 3.55. The van der Waals surface area contributed by atoms with Crippen molar-refractivity contribution in [3.05, 3.63) is 23.8 Å². The van der Waals surface area contributed by atoms with Crippen molar-refractivity contribution in [1.29, 1.82) is 0 Å². The van der Waals surface area contributed by atoms with Gasteiger partial charge in [-0.3, -0.25) is 15.6 Å². The van der Waals surface area contributed by atoms with Gasteiger partial charge in [0.05, 0.1) is 13.7 Å². The second kappa shape index (κ2) is 9.62. The maximum Gasteiger partial charge on any atom is 0.269 e. The Morgan fingerprint density at radius 3 is 2.69 bits per heavy atom. The average Bonchev–Trinajstić information content (AvgIpc) is 2.64. The molecular weight excluding hydrogens is 350 g/mol. The van der Waals surface area contributed by atoms with Gasteiger partial charge in [0.2, 0.25) is 0 Å². The van der Waals surface area contributed by atoms with Gasteiger partial charge in [0, 0.05) is 11.6 Å². The molecule has 26 heavy (non-hydrogen) atoms. The second-order valence-electron chi connectivity index (χ2n) is 6.73. The van der Waals surface area contributed by atoms with E-state index in [1.165, 1.54) is 12.8 Å². The first kappa shape index (κ1) is 20.3. The molecule has 1 aliphatic rings. The average molecular weight is 380 g/mol. The van der Waals surface area contributed by atoms with Crippen LogP contribution >= 0.6 is 12.2 Å². The molecule has 6 nitrogen and oxygen atoms in total. The minimum absolute atomic E-state index is 0.291. The molecule has 3 N–H and O–H groups in total. The van der Waals surface area contributed by atoms with Crippen LogP contribution in [0.3, 0.4) is 0 Å². The first-order chi connectivity index (χ1) is 12.5. The molecule has 7 heteroatoms. The zero-order valence-electron chi connectivity index (χ0n) is 15.9. The van der Waals surface area contributed by atoms with E-state index in [-0.39, 0.29) is 5.91 Å². The van der Waals surface area contributed by atoms with E-state index in [9.17, 15) is 4.79 Å². The predicted octanol–water partition coefficient (Wildman–Crippen LogP) is 3.03. The third-order valence-electron chi connectivity index (χ3n) is 5.04. The Bertz CT molecular complexity index is 638. The number of nitrogens with one attached hydrogen (secondary N) is 3. The number of ether oxygens (including phenoxy) is 2. The van der Waals surface area contributed by atoms with Crippen LogP contribution in [-0.2, 0) is 0 Å². The monoisotopic (exact) mass is 379 g/mol. The molecule has 144 valence electrons. The fourth-order valence-corrected chi connectivity index (χ4v) is 3.46. The largest absolute Gasteiger partial charge is 0.493 e. The van der Waals surface area contributed by atoms with Crippen molar-refractivity contribution < 1.29 is 14.3 Å². The van der Waals surface area contributed by atoms with Crippen LogP contribution in [-0.4, -0.2) is 30.8 Å². The summed E-state index contributed by atoms with van der Waals surface area (Å²) < 4.78 is 10.7. The number of hydrogen-bond acceptors (Lipinski definition) is 4. The summed E-state index contributed by atoms with van der Waals surface area (Å²) in [5.41, 5.74) is 5.88. The number of rotatable bonds is 5. The molecule has 0 heterocycles. The molecule has 0 bridgehead atoms. The molecule has 1 aromatic rings. The van der Waals surface area contributed by atoms with Gasteiger partial charge >= 0.3 is 0 Å². The van der Waals surface area contributed by atoms with Crippen LogP contribution in [0, 0.1) is 11.8 Å². The molecule has 1 aromatic carbocycles. The maximum atomic E-state index is 12.3. The van der Waals surface area contributed by atoms with Crippen LogP contribution < -0.4 is 25.6 Å². The number of benzene rings is 1. The van der Waals surface area contributed by atoms with E-state index in [1.54, 1.807) is 25.3 Å². The zero-order valence-corrected chi connectivity index (χ0v) is 16.7. The first-order valence-corrected chi connectivity index (χ1v) is 9.54. The lowest BCUT2D eigenvalue weighted by atomic mass is 9.78. The van der Waals surface area contributed by atoms with Crippen molar-refractivity contribution in [2.24, 2.45) is 11.8 Å². The Labute approximate surface area is 161 Å². The minimum atomic E-state index is -0.291. The van der Waals surface area contributed by atoms with Gasteiger partial charge in [0.15, 0.2) is 16.6 Å². The van der Waals surface area contributed by atoms with Crippen LogP contribution in [0.2, 0.25) is 0 Å². The maximum absolute atomic E-state index is 12.3. The lowest BCUT2D eigenvalue weighted by Gasteiger charge is -2.35. The van der Waals surface area contributed by atoms with Crippen LogP contribution in [0.1, 0.15) is 50.4 Å². The smallest absolute Gasteiger partial charge is 0.269 e. The Balaban J connectivity index is 1.88. The molecule has 0 aromatic heterocycles. The molecular formula is C19H29N3O3S. The predicted molar refractivity (Wildman–Crippen MR) is 106 cm³/mol. The van der Waals surface area contributed by atoms with Gasteiger partial charge < -0.3 is 14.8 Å². The summed E-state index contributed by atoms with van der Waals surface area (Å²) in [5, 5.41) is 3.75. The molecule has 0 saturated heterocycles. The molecule has 1 fully saturated rings. The van der Waals surface area contributed by atoms with Gasteiger partial charge in [-0.1, -0.05) is 26.7 Å². The Morgan fingerprint density at radius 1 is 1.23 bits per heavy atom. The second-order valence-corrected chi connectivity index (χ2v) is 7.13. The van der Waals surface area contributed by atoms with Gasteiger partial charge in [0.25, 0.3) is 5.91 Å². The molecule has 3 atom stereocenters. The van der Waals surface area contributed by atoms with Gasteiger partial charge in [0.1, 0.15) is 0 Å². The number of carbonyl (C=O) groups excluding carboxylic acids is 1. The third kappa shape index (κ3) is 5.24. The Morgan fingerprint density at radius 2 is 2.00 bits per heavy atom. The lowest BCUT2D eigenvalue weighted by Crippen LogP contribution is -2.52. The number of hydrogen-bond donors (Lipinski definition) is 3. The number of carbonyl (C=O) groups is 1. The SMILES string of the molecule is CCOc1ccc(C(=O)NNC(=S)N[C@H]2CCC[C@@H](C)[C@@H]2C)cc1OC. The van der Waals surface area contributed by atoms with E-state index in [0.717, 1.165) is 6.42 Å². The van der Waals surface area contributed by atoms with E-state index in [0.29, 0.717) is 46.7 Å². The highest BCUT2D eigenvalue weighted by molar-refractivity contribution is 7.80. The van der Waals surface area contributed by atoms with Gasteiger partial charge in [-0.2, -0.15) is 0 Å². The summed E-state index contributed by atoms with van der Waals surface area (Å²) in [7, 11) is 1.54. The van der Waals surface area contributed by atoms with Crippen molar-refractivity contribution >= 4 is 23.2 Å². The van der Waals surface area contributed by atoms with Crippen molar-refractivity contribution in [3.63, 3.8) is 0 Å². The molecule has 0 aliphatic heterocycles. The number of amides is 1. The van der Waals surface area contributed by atoms with E-state index in [1.807, 2.05) is 6.92 Å². The first-order valence-electron chi connectivity index (χ1n) is 9.14. The zero-order chi connectivity index (χ0) is 19.1. The number of thiocarbonyl (C=S) groups is 1. The van der Waals surface area contributed by atoms with Gasteiger partial charge in [-0.05, 0) is 55.6 Å². The Hall–Kier alpha value is -2.02. The van der Waals surface area contributed by atoms with E-state index >= 15 is 0 Å². The van der Waals surface area contributed by atoms with E-state index in [4.69, 9.17) is 21.7 Å². The molecule has 1 amide bonds. The summed E-state index contributed by atoms with van der Waals surface area (Å²) in [5.74, 6) is 2.06. The van der Waals surface area contributed by atoms with Crippen molar-refractivity contribution in [1.82, 2.24) is 16.2 Å². The van der Waals surface area contributed by atoms with E-state index in [2.05, 4.69) is 30.0 Å². The van der Waals surface area contributed by atoms with Crippen LogP contribution in [0.15, 0.2) is 18.2 Å². The summed E-state index contributed by atoms with van der Waals surface area (Å²) >= 11 is 5.32. The quantitative estimate of drug-likeness (QED) is 0.540. The molecule has 0 radical (unpaired) electrons. The number of methoxy groups -OCH3 is 1. The van der Waals surface area contributed by atoms with Gasteiger partial charge in [-0.25, -0.2) is 0 Å². The van der Waals surface area contributed by atoms with Crippen molar-refractivity contribution in [3.8, 4) is 11.5 Å². The standard InChI is InChI=1S/C19H29N3O3S/c1-5-25-16-10-9-14(11-17(16)24-4)18(23)21-22-19(26)20-15-8-6-7-12(2)13(15)3/h9-13,15H,5-8H2,1-4H3,(H,21,23)(H2,20,22,26)/t12-,13+,15+/m1/s1. The third-order valence-corrected chi connectivity index (χ3v) is 5.26. The fraction of sp³-hybridized carbons (Fsp3) is 0.579.